The molecule has 1 aromatic carbocycles. The molecule has 0 radical (unpaired) electrons. The highest BCUT2D eigenvalue weighted by Gasteiger charge is 2.63. The van der Waals surface area contributed by atoms with Crippen LogP contribution in [0, 0.1) is 10.1 Å². The average Bonchev–Trinajstić information content (AvgIpc) is 3.17. The maximum Gasteiger partial charge on any atom is 0.438 e. The Morgan fingerprint density at radius 1 is 1.00 bits per heavy atom. The van der Waals surface area contributed by atoms with Crippen LogP contribution >= 0.6 is 0 Å². The van der Waals surface area contributed by atoms with Crippen LogP contribution in [-0.2, 0) is 0 Å². The topological polar surface area (TPSA) is 96.0 Å². The Morgan fingerprint density at radius 3 is 1.94 bits per heavy atom. The highest BCUT2D eigenvalue weighted by atomic mass is 19.4. The first-order valence-electron chi connectivity index (χ1n) is 12.5. The van der Waals surface area contributed by atoms with Gasteiger partial charge < -0.3 is 5.11 Å². The Balaban J connectivity index is 1.83. The number of non-ortho nitro benzene ring substituents is 1. The van der Waals surface area contributed by atoms with Crippen molar-refractivity contribution in [2.75, 3.05) is 0 Å². The predicted molar refractivity (Wildman–Crippen MR) is 128 cm³/mol. The molecule has 0 saturated carbocycles. The van der Waals surface area contributed by atoms with E-state index in [1.807, 2.05) is 0 Å². The number of rotatable bonds is 15. The highest BCUT2D eigenvalue weighted by Crippen LogP contribution is 2.41. The third kappa shape index (κ3) is 8.30. The van der Waals surface area contributed by atoms with Gasteiger partial charge in [-0.15, -0.1) is 0 Å². The van der Waals surface area contributed by atoms with Gasteiger partial charge in [0.1, 0.15) is 0 Å². The monoisotopic (exact) mass is 499 g/mol. The zero-order valence-corrected chi connectivity index (χ0v) is 20.4. The van der Waals surface area contributed by atoms with Crippen molar-refractivity contribution in [2.24, 2.45) is 5.10 Å². The number of carbonyl (C=O) groups excluding carboxylic acids is 1. The molecule has 0 unspecified atom stereocenters. The van der Waals surface area contributed by atoms with Crippen molar-refractivity contribution in [3.05, 3.63) is 39.9 Å². The number of nitrogens with zero attached hydrogens (tertiary/aromatic N) is 3. The zero-order chi connectivity index (χ0) is 25.9. The summed E-state index contributed by atoms with van der Waals surface area (Å²) in [7, 11) is 0. The minimum absolute atomic E-state index is 0.0734. The average molecular weight is 500 g/mol. The van der Waals surface area contributed by atoms with Crippen LogP contribution in [0.15, 0.2) is 29.4 Å². The van der Waals surface area contributed by atoms with Gasteiger partial charge in [0.15, 0.2) is 0 Å². The molecule has 35 heavy (non-hydrogen) atoms. The van der Waals surface area contributed by atoms with Crippen LogP contribution in [0.25, 0.3) is 0 Å². The number of halogens is 3. The summed E-state index contributed by atoms with van der Waals surface area (Å²) in [6, 6.07) is 4.14. The Hall–Kier alpha value is -2.49. The first-order valence-corrected chi connectivity index (χ1v) is 12.5. The van der Waals surface area contributed by atoms with Crippen LogP contribution in [0.5, 0.6) is 0 Å². The van der Waals surface area contributed by atoms with Crippen molar-refractivity contribution < 1.29 is 28.0 Å². The fourth-order valence-corrected chi connectivity index (χ4v) is 4.21. The molecule has 1 aromatic rings. The number of unbranched alkanes of at least 4 members (excludes halogenated alkanes) is 11. The van der Waals surface area contributed by atoms with Crippen molar-refractivity contribution in [1.82, 2.24) is 5.01 Å². The molecule has 2 rings (SSSR count). The van der Waals surface area contributed by atoms with E-state index in [0.717, 1.165) is 49.9 Å². The molecule has 7 nitrogen and oxygen atoms in total. The number of nitro benzene ring substituents is 1. The predicted octanol–water partition coefficient (Wildman–Crippen LogP) is 7.14. The molecule has 1 aliphatic heterocycles. The summed E-state index contributed by atoms with van der Waals surface area (Å²) >= 11 is 0. The van der Waals surface area contributed by atoms with E-state index in [1.54, 1.807) is 0 Å². The molecular weight excluding hydrogens is 463 g/mol. The lowest BCUT2D eigenvalue weighted by Crippen LogP contribution is -2.56. The molecule has 1 amide bonds. The summed E-state index contributed by atoms with van der Waals surface area (Å²) in [4.78, 5) is 22.8. The largest absolute Gasteiger partial charge is 0.438 e. The number of aliphatic hydroxyl groups is 1. The molecule has 0 aliphatic carbocycles. The third-order valence-electron chi connectivity index (χ3n) is 6.33. The fourth-order valence-electron chi connectivity index (χ4n) is 4.21. The summed E-state index contributed by atoms with van der Waals surface area (Å²) < 4.78 is 41.1. The van der Waals surface area contributed by atoms with Gasteiger partial charge in [-0.2, -0.15) is 23.3 Å². The Morgan fingerprint density at radius 2 is 1.49 bits per heavy atom. The number of alkyl halides is 3. The Labute approximate surface area is 204 Å². The van der Waals surface area contributed by atoms with E-state index in [9.17, 15) is 33.2 Å². The van der Waals surface area contributed by atoms with Crippen molar-refractivity contribution in [1.29, 1.82) is 0 Å². The molecule has 0 aromatic heterocycles. The smallest absolute Gasteiger partial charge is 0.362 e. The molecule has 1 heterocycles. The van der Waals surface area contributed by atoms with Crippen molar-refractivity contribution >= 4 is 17.3 Å². The van der Waals surface area contributed by atoms with Gasteiger partial charge >= 0.3 is 6.18 Å². The molecule has 1 aliphatic rings. The maximum absolute atomic E-state index is 13.7. The lowest BCUT2D eigenvalue weighted by Gasteiger charge is -2.32. The van der Waals surface area contributed by atoms with Crippen molar-refractivity contribution in [2.45, 2.75) is 109 Å². The van der Waals surface area contributed by atoms with E-state index >= 15 is 0 Å². The van der Waals surface area contributed by atoms with E-state index in [4.69, 9.17) is 0 Å². The molecule has 196 valence electrons. The molecular formula is C25H36F3N3O4. The zero-order valence-electron chi connectivity index (χ0n) is 20.4. The standard InChI is InChI=1S/C25H36F3N3O4/c1-2-3-4-5-6-7-8-9-10-11-12-13-14-21-19-24(33,25(26,27)28)30(29-21)23(32)20-15-17-22(18-16-20)31(34)35/h15-18,33H,2-14,19H2,1H3/t24-/m1/s1. The second-order valence-electron chi connectivity index (χ2n) is 9.22. The van der Waals surface area contributed by atoms with Gasteiger partial charge in [-0.05, 0) is 25.0 Å². The number of nitro groups is 1. The number of hydrazone groups is 1. The van der Waals surface area contributed by atoms with Crippen LogP contribution < -0.4 is 0 Å². The van der Waals surface area contributed by atoms with Gasteiger partial charge in [-0.25, -0.2) is 0 Å². The maximum atomic E-state index is 13.7. The Kier molecular flexibility index (Phi) is 11.1. The van der Waals surface area contributed by atoms with Crippen LogP contribution in [0.2, 0.25) is 0 Å². The number of benzene rings is 1. The van der Waals surface area contributed by atoms with E-state index in [-0.39, 0.29) is 28.4 Å². The van der Waals surface area contributed by atoms with E-state index in [0.29, 0.717) is 6.42 Å². The van der Waals surface area contributed by atoms with Gasteiger partial charge in [-0.1, -0.05) is 77.6 Å². The van der Waals surface area contributed by atoms with Gasteiger partial charge in [0, 0.05) is 29.8 Å². The molecule has 0 bridgehead atoms. The lowest BCUT2D eigenvalue weighted by atomic mass is 10.0. The van der Waals surface area contributed by atoms with Crippen LogP contribution in [0.1, 0.15) is 107 Å². The van der Waals surface area contributed by atoms with Gasteiger partial charge in [0.2, 0.25) is 0 Å². The molecule has 1 atom stereocenters. The highest BCUT2D eigenvalue weighted by molar-refractivity contribution is 5.98. The minimum Gasteiger partial charge on any atom is -0.362 e. The van der Waals surface area contributed by atoms with E-state index in [2.05, 4.69) is 12.0 Å². The fraction of sp³-hybridized carbons (Fsp3) is 0.680. The number of carbonyl (C=O) groups is 1. The van der Waals surface area contributed by atoms with Crippen LogP contribution in [0.3, 0.4) is 0 Å². The molecule has 0 saturated heterocycles. The van der Waals surface area contributed by atoms with Gasteiger partial charge in [0.25, 0.3) is 17.3 Å². The molecule has 0 spiro atoms. The minimum atomic E-state index is -5.11. The molecule has 10 heteroatoms. The number of hydrogen-bond donors (Lipinski definition) is 1. The van der Waals surface area contributed by atoms with Crippen LogP contribution in [-0.4, -0.2) is 38.6 Å². The Bertz CT molecular complexity index is 859. The first-order chi connectivity index (χ1) is 16.6. The second kappa shape index (κ2) is 13.6. The molecule has 1 N–H and O–H groups in total. The van der Waals surface area contributed by atoms with Crippen LogP contribution in [0.4, 0.5) is 18.9 Å². The molecule has 0 fully saturated rings. The summed E-state index contributed by atoms with van der Waals surface area (Å²) in [5.74, 6) is -1.16. The number of hydrogen-bond acceptors (Lipinski definition) is 5. The lowest BCUT2D eigenvalue weighted by molar-refractivity contribution is -0.384. The summed E-state index contributed by atoms with van der Waals surface area (Å²) in [6.45, 7) is 2.20. The van der Waals surface area contributed by atoms with Crippen molar-refractivity contribution in [3.8, 4) is 0 Å². The third-order valence-corrected chi connectivity index (χ3v) is 6.33. The quantitative estimate of drug-likeness (QED) is 0.158. The van der Waals surface area contributed by atoms with E-state index < -0.39 is 29.2 Å². The SMILES string of the molecule is CCCCCCCCCCCCCCC1=NN(C(=O)c2ccc([N+](=O)[O-])cc2)[C@](O)(C(F)(F)F)C1. The normalized spacial score (nSPS) is 18.1. The van der Waals surface area contributed by atoms with Gasteiger partial charge in [0.05, 0.1) is 4.92 Å². The van der Waals surface area contributed by atoms with Gasteiger partial charge in [-0.3, -0.25) is 14.9 Å². The summed E-state index contributed by atoms with van der Waals surface area (Å²) in [6.07, 6.45) is 7.92. The number of amides is 1. The summed E-state index contributed by atoms with van der Waals surface area (Å²) in [5, 5.41) is 25.1. The first kappa shape index (κ1) is 28.7. The van der Waals surface area contributed by atoms with E-state index in [1.165, 1.54) is 44.9 Å². The second-order valence-corrected chi connectivity index (χ2v) is 9.22. The summed E-state index contributed by atoms with van der Waals surface area (Å²) in [5.41, 5.74) is -3.84. The van der Waals surface area contributed by atoms with Crippen molar-refractivity contribution in [3.63, 3.8) is 0 Å².